The van der Waals surface area contributed by atoms with Crippen molar-refractivity contribution in [2.24, 2.45) is 0 Å². The highest BCUT2D eigenvalue weighted by Gasteiger charge is 2.54. The van der Waals surface area contributed by atoms with Crippen molar-refractivity contribution in [3.8, 4) is 0 Å². The summed E-state index contributed by atoms with van der Waals surface area (Å²) in [5.74, 6) is -1.88. The van der Waals surface area contributed by atoms with Crippen LogP contribution in [-0.4, -0.2) is 122 Å². The summed E-state index contributed by atoms with van der Waals surface area (Å²) in [4.78, 5) is 24.0. The Labute approximate surface area is 165 Å². The van der Waals surface area contributed by atoms with E-state index in [1.807, 2.05) is 0 Å². The topological polar surface area (TPSA) is 180 Å². The maximum atomic E-state index is 12.1. The first-order valence-electron chi connectivity index (χ1n) is 8.61. The Morgan fingerprint density at radius 2 is 1.10 bits per heavy atom. The summed E-state index contributed by atoms with van der Waals surface area (Å²) in [6, 6.07) is 0. The number of ether oxygens (including phenoxy) is 7. The number of aliphatic hydroxyl groups is 4. The molecule has 2 saturated heterocycles. The van der Waals surface area contributed by atoms with Gasteiger partial charge in [0.05, 0.1) is 14.2 Å². The van der Waals surface area contributed by atoms with Crippen molar-refractivity contribution >= 4 is 11.9 Å². The molecule has 13 nitrogen and oxygen atoms in total. The molecule has 2 aliphatic rings. The fourth-order valence-corrected chi connectivity index (χ4v) is 3.16. The predicted molar refractivity (Wildman–Crippen MR) is 88.1 cm³/mol. The van der Waals surface area contributed by atoms with Gasteiger partial charge in [-0.1, -0.05) is 0 Å². The Balaban J connectivity index is 2.27. The average molecular weight is 426 g/mol. The van der Waals surface area contributed by atoms with Crippen molar-refractivity contribution in [2.45, 2.75) is 61.4 Å². The summed E-state index contributed by atoms with van der Waals surface area (Å²) in [6.45, 7) is 0. The first-order valence-corrected chi connectivity index (χ1v) is 8.61. The quantitative estimate of drug-likeness (QED) is 0.305. The minimum absolute atomic E-state index is 0.916. The highest BCUT2D eigenvalue weighted by molar-refractivity contribution is 5.76. The molecule has 0 bridgehead atoms. The number of hydrogen-bond donors (Lipinski definition) is 4. The van der Waals surface area contributed by atoms with E-state index in [1.165, 1.54) is 14.2 Å². The summed E-state index contributed by atoms with van der Waals surface area (Å²) in [7, 11) is 4.52. The lowest BCUT2D eigenvalue weighted by Crippen LogP contribution is -2.66. The molecule has 2 aliphatic heterocycles. The Kier molecular flexibility index (Phi) is 8.28. The van der Waals surface area contributed by atoms with E-state index in [2.05, 4.69) is 9.47 Å². The van der Waals surface area contributed by atoms with Gasteiger partial charge in [0.1, 0.15) is 36.6 Å². The minimum Gasteiger partial charge on any atom is -0.467 e. The lowest BCUT2D eigenvalue weighted by Gasteiger charge is -2.45. The van der Waals surface area contributed by atoms with Gasteiger partial charge in [0, 0.05) is 14.2 Å². The number of carbonyl (C=O) groups is 2. The first-order chi connectivity index (χ1) is 13.7. The molecule has 29 heavy (non-hydrogen) atoms. The van der Waals surface area contributed by atoms with Gasteiger partial charge < -0.3 is 53.6 Å². The SMILES string of the molecule is COC(=O)C1OC(OC)[C@@H](O)[C@H](O)[C@H]1OC1O[C@@H](C(=O)OC)[C@H](OC)C(O)C1O. The summed E-state index contributed by atoms with van der Waals surface area (Å²) in [6.07, 6.45) is -15.8. The zero-order valence-electron chi connectivity index (χ0n) is 16.2. The molecule has 13 heteroatoms. The van der Waals surface area contributed by atoms with E-state index < -0.39 is 73.4 Å². The van der Waals surface area contributed by atoms with Gasteiger partial charge in [0.2, 0.25) is 0 Å². The molecule has 168 valence electrons. The van der Waals surface area contributed by atoms with Crippen molar-refractivity contribution in [1.82, 2.24) is 0 Å². The number of methoxy groups -OCH3 is 4. The van der Waals surface area contributed by atoms with E-state index >= 15 is 0 Å². The van der Waals surface area contributed by atoms with Crippen LogP contribution in [0.4, 0.5) is 0 Å². The van der Waals surface area contributed by atoms with Crippen molar-refractivity contribution in [3.05, 3.63) is 0 Å². The number of aliphatic hydroxyl groups excluding tert-OH is 4. The zero-order chi connectivity index (χ0) is 21.9. The molecule has 0 saturated carbocycles. The monoisotopic (exact) mass is 426 g/mol. The third-order valence-corrected chi connectivity index (χ3v) is 4.75. The number of esters is 2. The standard InChI is InChI=1S/C16H26O13/c1-23-9-5(17)8(20)16(29-11(9)13(21)24-2)27-10-6(18)7(19)15(26-4)28-12(10)14(22)25-3/h5-12,15-20H,1-4H3/t5?,6-,7-,8?,9+,10+,11+,12?,15?,16?/m0/s1. The van der Waals surface area contributed by atoms with E-state index in [4.69, 9.17) is 23.7 Å². The van der Waals surface area contributed by atoms with Gasteiger partial charge >= 0.3 is 11.9 Å². The van der Waals surface area contributed by atoms with Crippen molar-refractivity contribution in [1.29, 1.82) is 0 Å². The second kappa shape index (κ2) is 10.1. The Morgan fingerprint density at radius 3 is 1.59 bits per heavy atom. The maximum absolute atomic E-state index is 12.1. The van der Waals surface area contributed by atoms with Gasteiger partial charge in [0.15, 0.2) is 24.8 Å². The van der Waals surface area contributed by atoms with Crippen LogP contribution in [0.25, 0.3) is 0 Å². The van der Waals surface area contributed by atoms with Crippen molar-refractivity contribution < 1.29 is 63.2 Å². The molecule has 4 N–H and O–H groups in total. The van der Waals surface area contributed by atoms with E-state index in [0.717, 1.165) is 14.2 Å². The molecule has 0 aliphatic carbocycles. The molecule has 2 rings (SSSR count). The molecule has 2 heterocycles. The molecule has 10 atom stereocenters. The Hall–Kier alpha value is -1.42. The van der Waals surface area contributed by atoms with Crippen molar-refractivity contribution in [2.75, 3.05) is 28.4 Å². The second-order valence-corrected chi connectivity index (χ2v) is 6.40. The van der Waals surface area contributed by atoms with E-state index in [1.54, 1.807) is 0 Å². The number of hydrogen-bond acceptors (Lipinski definition) is 13. The molecule has 5 unspecified atom stereocenters. The second-order valence-electron chi connectivity index (χ2n) is 6.40. The largest absolute Gasteiger partial charge is 0.467 e. The number of rotatable bonds is 6. The molecule has 0 aromatic carbocycles. The summed E-state index contributed by atoms with van der Waals surface area (Å²) < 4.78 is 35.2. The smallest absolute Gasteiger partial charge is 0.337 e. The van der Waals surface area contributed by atoms with Crippen LogP contribution in [0.2, 0.25) is 0 Å². The highest BCUT2D eigenvalue weighted by atomic mass is 16.7. The van der Waals surface area contributed by atoms with Crippen LogP contribution in [0.1, 0.15) is 0 Å². The van der Waals surface area contributed by atoms with Gasteiger partial charge in [-0.15, -0.1) is 0 Å². The van der Waals surface area contributed by atoms with Crippen molar-refractivity contribution in [3.63, 3.8) is 0 Å². The van der Waals surface area contributed by atoms with E-state index in [0.29, 0.717) is 0 Å². The van der Waals surface area contributed by atoms with Crippen LogP contribution in [0.5, 0.6) is 0 Å². The molecular weight excluding hydrogens is 400 g/mol. The third kappa shape index (κ3) is 4.68. The predicted octanol–water partition coefficient (Wildman–Crippen LogP) is -3.73. The van der Waals surface area contributed by atoms with Gasteiger partial charge in [-0.2, -0.15) is 0 Å². The first kappa shape index (κ1) is 23.9. The van der Waals surface area contributed by atoms with Gasteiger partial charge in [-0.3, -0.25) is 0 Å². The van der Waals surface area contributed by atoms with Gasteiger partial charge in [0.25, 0.3) is 0 Å². The summed E-state index contributed by atoms with van der Waals surface area (Å²) >= 11 is 0. The molecule has 0 amide bonds. The molecule has 0 radical (unpaired) electrons. The fraction of sp³-hybridized carbons (Fsp3) is 0.875. The van der Waals surface area contributed by atoms with E-state index in [-0.39, 0.29) is 0 Å². The molecule has 0 aromatic heterocycles. The summed E-state index contributed by atoms with van der Waals surface area (Å²) in [5, 5.41) is 41.1. The lowest BCUT2D eigenvalue weighted by molar-refractivity contribution is -0.349. The molecule has 2 fully saturated rings. The Bertz CT molecular complexity index is 571. The van der Waals surface area contributed by atoms with Crippen LogP contribution in [0, 0.1) is 0 Å². The van der Waals surface area contributed by atoms with E-state index in [9.17, 15) is 30.0 Å². The summed E-state index contributed by atoms with van der Waals surface area (Å²) in [5.41, 5.74) is 0. The van der Waals surface area contributed by atoms with Crippen LogP contribution in [0.3, 0.4) is 0 Å². The Morgan fingerprint density at radius 1 is 0.655 bits per heavy atom. The molecule has 0 aromatic rings. The lowest BCUT2D eigenvalue weighted by atomic mass is 9.96. The number of carbonyl (C=O) groups excluding carboxylic acids is 2. The van der Waals surface area contributed by atoms with Crippen LogP contribution in [-0.2, 0) is 42.7 Å². The van der Waals surface area contributed by atoms with Gasteiger partial charge in [-0.25, -0.2) is 9.59 Å². The average Bonchev–Trinajstić information content (AvgIpc) is 2.73. The fourth-order valence-electron chi connectivity index (χ4n) is 3.16. The normalized spacial score (nSPS) is 42.9. The minimum atomic E-state index is -1.75. The van der Waals surface area contributed by atoms with Crippen LogP contribution in [0.15, 0.2) is 0 Å². The van der Waals surface area contributed by atoms with Crippen LogP contribution < -0.4 is 0 Å². The maximum Gasteiger partial charge on any atom is 0.337 e. The van der Waals surface area contributed by atoms with Gasteiger partial charge in [-0.05, 0) is 0 Å². The third-order valence-electron chi connectivity index (χ3n) is 4.75. The van der Waals surface area contributed by atoms with Crippen LogP contribution >= 0.6 is 0 Å². The highest BCUT2D eigenvalue weighted by Crippen LogP contribution is 2.30. The molecule has 0 spiro atoms. The zero-order valence-corrected chi connectivity index (χ0v) is 16.2. The molecular formula is C16H26O13.